The number of hydrogen-bond donors (Lipinski definition) is 0. The molecule has 0 radical (unpaired) electrons. The van der Waals surface area contributed by atoms with Crippen LogP contribution >= 0.6 is 0 Å². The van der Waals surface area contributed by atoms with Gasteiger partial charge < -0.3 is 19.3 Å². The molecular formula is C15H20N2O3. The second kappa shape index (κ2) is 6.84. The van der Waals surface area contributed by atoms with Gasteiger partial charge in [0.2, 0.25) is 0 Å². The van der Waals surface area contributed by atoms with E-state index in [0.717, 1.165) is 31.9 Å². The van der Waals surface area contributed by atoms with E-state index in [9.17, 15) is 4.79 Å². The maximum atomic E-state index is 11.0. The molecule has 0 saturated carbocycles. The lowest BCUT2D eigenvalue weighted by molar-refractivity contribution is -0.134. The minimum Gasteiger partial charge on any atom is -0.497 e. The number of benzene rings is 1. The summed E-state index contributed by atoms with van der Waals surface area (Å²) in [6, 6.07) is 8.08. The Balaban J connectivity index is 1.87. The van der Waals surface area contributed by atoms with Crippen LogP contribution in [0.15, 0.2) is 36.5 Å². The second-order valence-corrected chi connectivity index (χ2v) is 4.56. The first-order valence-corrected chi connectivity index (χ1v) is 6.62. The Morgan fingerprint density at radius 2 is 1.75 bits per heavy atom. The van der Waals surface area contributed by atoms with E-state index in [1.54, 1.807) is 13.3 Å². The van der Waals surface area contributed by atoms with Gasteiger partial charge in [0.15, 0.2) is 0 Å². The summed E-state index contributed by atoms with van der Waals surface area (Å²) in [7, 11) is 3.05. The molecule has 1 aromatic carbocycles. The van der Waals surface area contributed by atoms with Crippen LogP contribution in [0.2, 0.25) is 0 Å². The summed E-state index contributed by atoms with van der Waals surface area (Å²) in [4.78, 5) is 15.5. The molecule has 0 amide bonds. The van der Waals surface area contributed by atoms with Crippen molar-refractivity contribution in [1.29, 1.82) is 0 Å². The number of methoxy groups -OCH3 is 2. The average molecular weight is 276 g/mol. The van der Waals surface area contributed by atoms with E-state index in [2.05, 4.69) is 26.7 Å². The molecule has 1 fully saturated rings. The Morgan fingerprint density at radius 3 is 2.30 bits per heavy atom. The first-order valence-electron chi connectivity index (χ1n) is 6.62. The van der Waals surface area contributed by atoms with E-state index in [0.29, 0.717) is 0 Å². The molecule has 0 N–H and O–H groups in total. The lowest BCUT2D eigenvalue weighted by Crippen LogP contribution is -2.44. The molecule has 0 aliphatic carbocycles. The minimum absolute atomic E-state index is 0.317. The molecular weight excluding hydrogens is 256 g/mol. The van der Waals surface area contributed by atoms with E-state index < -0.39 is 0 Å². The summed E-state index contributed by atoms with van der Waals surface area (Å²) in [5.41, 5.74) is 1.20. The first kappa shape index (κ1) is 14.2. The van der Waals surface area contributed by atoms with Crippen LogP contribution in [0, 0.1) is 0 Å². The fourth-order valence-electron chi connectivity index (χ4n) is 2.16. The zero-order chi connectivity index (χ0) is 14.4. The molecule has 0 spiro atoms. The molecule has 1 aliphatic heterocycles. The third kappa shape index (κ3) is 3.66. The number of nitrogens with zero attached hydrogens (tertiary/aromatic N) is 2. The second-order valence-electron chi connectivity index (χ2n) is 4.56. The monoisotopic (exact) mass is 276 g/mol. The Labute approximate surface area is 119 Å². The van der Waals surface area contributed by atoms with E-state index in [1.807, 2.05) is 12.1 Å². The van der Waals surface area contributed by atoms with E-state index >= 15 is 0 Å². The highest BCUT2D eigenvalue weighted by Crippen LogP contribution is 2.20. The fraction of sp³-hybridized carbons (Fsp3) is 0.400. The van der Waals surface area contributed by atoms with Crippen LogP contribution in [-0.4, -0.2) is 51.3 Å². The first-order chi connectivity index (χ1) is 9.72. The van der Waals surface area contributed by atoms with Crippen molar-refractivity contribution >= 4 is 11.7 Å². The lowest BCUT2D eigenvalue weighted by Gasteiger charge is -2.35. The number of hydrogen-bond acceptors (Lipinski definition) is 5. The topological polar surface area (TPSA) is 42.0 Å². The van der Waals surface area contributed by atoms with Crippen LogP contribution in [0.4, 0.5) is 5.69 Å². The summed E-state index contributed by atoms with van der Waals surface area (Å²) in [6.07, 6.45) is 3.26. The molecule has 0 aromatic heterocycles. The number of piperazine rings is 1. The predicted molar refractivity (Wildman–Crippen MR) is 77.9 cm³/mol. The maximum Gasteiger partial charge on any atom is 0.331 e. The van der Waals surface area contributed by atoms with Crippen molar-refractivity contribution in [3.63, 3.8) is 0 Å². The molecule has 1 heterocycles. The highest BCUT2D eigenvalue weighted by molar-refractivity contribution is 5.81. The summed E-state index contributed by atoms with van der Waals surface area (Å²) < 4.78 is 9.74. The molecule has 0 atom stereocenters. The largest absolute Gasteiger partial charge is 0.497 e. The molecule has 2 rings (SSSR count). The summed E-state index contributed by atoms with van der Waals surface area (Å²) in [5, 5.41) is 0. The van der Waals surface area contributed by atoms with Crippen molar-refractivity contribution in [3.05, 3.63) is 36.5 Å². The van der Waals surface area contributed by atoms with Crippen molar-refractivity contribution in [2.75, 3.05) is 45.3 Å². The van der Waals surface area contributed by atoms with Gasteiger partial charge in [-0.25, -0.2) is 4.79 Å². The Bertz CT molecular complexity index is 463. The quantitative estimate of drug-likeness (QED) is 0.616. The lowest BCUT2D eigenvalue weighted by atomic mass is 10.2. The molecule has 0 unspecified atom stereocenters. The molecule has 0 bridgehead atoms. The van der Waals surface area contributed by atoms with Crippen molar-refractivity contribution in [2.45, 2.75) is 0 Å². The van der Waals surface area contributed by atoms with E-state index in [1.165, 1.54) is 18.9 Å². The summed E-state index contributed by atoms with van der Waals surface area (Å²) in [6.45, 7) is 3.63. The van der Waals surface area contributed by atoms with Crippen LogP contribution in [-0.2, 0) is 9.53 Å². The van der Waals surface area contributed by atoms with Crippen molar-refractivity contribution < 1.29 is 14.3 Å². The van der Waals surface area contributed by atoms with Gasteiger partial charge in [0.25, 0.3) is 0 Å². The SMILES string of the molecule is COC(=O)/C=C/N1CCN(c2ccc(OC)cc2)CC1. The number of anilines is 1. The van der Waals surface area contributed by atoms with Gasteiger partial charge in [0.1, 0.15) is 5.75 Å². The summed E-state index contributed by atoms with van der Waals surface area (Å²) in [5.74, 6) is 0.552. The van der Waals surface area contributed by atoms with Crippen molar-refractivity contribution in [2.24, 2.45) is 0 Å². The standard InChI is InChI=1S/C15H20N2O3/c1-19-14-5-3-13(4-6-14)17-11-9-16(10-12-17)8-7-15(18)20-2/h3-8H,9-12H2,1-2H3/b8-7+. The summed E-state index contributed by atoms with van der Waals surface area (Å²) >= 11 is 0. The van der Waals surface area contributed by atoms with Gasteiger partial charge in [-0.15, -0.1) is 0 Å². The number of rotatable bonds is 4. The highest BCUT2D eigenvalue weighted by atomic mass is 16.5. The van der Waals surface area contributed by atoms with Gasteiger partial charge in [-0.05, 0) is 24.3 Å². The third-order valence-corrected chi connectivity index (χ3v) is 3.37. The molecule has 5 nitrogen and oxygen atoms in total. The molecule has 108 valence electrons. The molecule has 1 aliphatic rings. The van der Waals surface area contributed by atoms with Crippen LogP contribution in [0.5, 0.6) is 5.75 Å². The maximum absolute atomic E-state index is 11.0. The van der Waals surface area contributed by atoms with Crippen LogP contribution in [0.25, 0.3) is 0 Å². The van der Waals surface area contributed by atoms with Gasteiger partial charge in [-0.1, -0.05) is 0 Å². The molecule has 5 heteroatoms. The van der Waals surface area contributed by atoms with Crippen LogP contribution in [0.3, 0.4) is 0 Å². The number of esters is 1. The average Bonchev–Trinajstić information content (AvgIpc) is 2.53. The number of carbonyl (C=O) groups excluding carboxylic acids is 1. The Morgan fingerprint density at radius 1 is 1.10 bits per heavy atom. The van der Waals surface area contributed by atoms with Crippen molar-refractivity contribution in [3.8, 4) is 5.75 Å². The zero-order valence-corrected chi connectivity index (χ0v) is 11.9. The molecule has 20 heavy (non-hydrogen) atoms. The Kier molecular flexibility index (Phi) is 4.87. The highest BCUT2D eigenvalue weighted by Gasteiger charge is 2.15. The smallest absolute Gasteiger partial charge is 0.331 e. The molecule has 1 aromatic rings. The van der Waals surface area contributed by atoms with Gasteiger partial charge in [-0.2, -0.15) is 0 Å². The number of carbonyl (C=O) groups is 1. The van der Waals surface area contributed by atoms with Gasteiger partial charge in [-0.3, -0.25) is 0 Å². The number of ether oxygens (including phenoxy) is 2. The van der Waals surface area contributed by atoms with Crippen molar-refractivity contribution in [1.82, 2.24) is 4.90 Å². The van der Waals surface area contributed by atoms with Gasteiger partial charge in [0.05, 0.1) is 14.2 Å². The van der Waals surface area contributed by atoms with Crippen LogP contribution < -0.4 is 9.64 Å². The zero-order valence-electron chi connectivity index (χ0n) is 11.9. The minimum atomic E-state index is -0.317. The van der Waals surface area contributed by atoms with E-state index in [-0.39, 0.29) is 5.97 Å². The Hall–Kier alpha value is -2.17. The molecule has 1 saturated heterocycles. The third-order valence-electron chi connectivity index (χ3n) is 3.37. The van der Waals surface area contributed by atoms with Crippen LogP contribution in [0.1, 0.15) is 0 Å². The van der Waals surface area contributed by atoms with E-state index in [4.69, 9.17) is 4.74 Å². The van der Waals surface area contributed by atoms with Gasteiger partial charge >= 0.3 is 5.97 Å². The fourth-order valence-corrected chi connectivity index (χ4v) is 2.16. The van der Waals surface area contributed by atoms with Gasteiger partial charge in [0, 0.05) is 44.1 Å². The normalized spacial score (nSPS) is 15.5. The predicted octanol–water partition coefficient (Wildman–Crippen LogP) is 1.50.